The number of nitrogens with zero attached hydrogens (tertiary/aromatic N) is 1. The Labute approximate surface area is 167 Å². The lowest BCUT2D eigenvalue weighted by Crippen LogP contribution is -2.32. The van der Waals surface area contributed by atoms with Gasteiger partial charge in [-0.2, -0.15) is 4.31 Å². The lowest BCUT2D eigenvalue weighted by molar-refractivity contribution is 0.310. The van der Waals surface area contributed by atoms with Crippen molar-refractivity contribution < 1.29 is 17.9 Å². The second-order valence-electron chi connectivity index (χ2n) is 6.66. The number of hydrogen-bond acceptors (Lipinski definition) is 4. The van der Waals surface area contributed by atoms with Crippen LogP contribution in [-0.4, -0.2) is 33.0 Å². The Bertz CT molecular complexity index is 966. The van der Waals surface area contributed by atoms with Gasteiger partial charge in [0.25, 0.3) is 0 Å². The van der Waals surface area contributed by atoms with Crippen LogP contribution in [0.4, 0.5) is 0 Å². The van der Waals surface area contributed by atoms with Crippen molar-refractivity contribution in [3.05, 3.63) is 64.1 Å². The van der Waals surface area contributed by atoms with Crippen LogP contribution >= 0.6 is 0 Å². The van der Waals surface area contributed by atoms with Gasteiger partial charge in [-0.3, -0.25) is 0 Å². The number of ether oxygens (including phenoxy) is 2. The van der Waals surface area contributed by atoms with Gasteiger partial charge in [0.15, 0.2) is 11.5 Å². The lowest BCUT2D eigenvalue weighted by atomic mass is 9.98. The predicted molar refractivity (Wildman–Crippen MR) is 112 cm³/mol. The zero-order valence-corrected chi connectivity index (χ0v) is 17.5. The number of sulfonamides is 1. The van der Waals surface area contributed by atoms with Crippen molar-refractivity contribution in [1.82, 2.24) is 4.31 Å². The molecular weight excluding hydrogens is 374 g/mol. The van der Waals surface area contributed by atoms with Gasteiger partial charge >= 0.3 is 0 Å². The van der Waals surface area contributed by atoms with Crippen LogP contribution in [0.2, 0.25) is 0 Å². The Balaban J connectivity index is 1.86. The average molecular weight is 402 g/mol. The van der Waals surface area contributed by atoms with E-state index in [2.05, 4.69) is 6.07 Å². The largest absolute Gasteiger partial charge is 0.493 e. The van der Waals surface area contributed by atoms with Crippen LogP contribution in [0.1, 0.15) is 37.0 Å². The number of fused-ring (bicyclic) bond motifs is 1. The van der Waals surface area contributed by atoms with E-state index in [0.717, 1.165) is 17.5 Å². The van der Waals surface area contributed by atoms with Gasteiger partial charge in [-0.1, -0.05) is 37.3 Å². The SMILES string of the molecule is CCOc1ccc(CN(CC)S(=O)(=O)C2=Cc3ccccc3CC2)cc1OC. The van der Waals surface area contributed by atoms with Gasteiger partial charge in [0.05, 0.1) is 18.6 Å². The minimum absolute atomic E-state index is 0.292. The molecule has 0 radical (unpaired) electrons. The van der Waals surface area contributed by atoms with Crippen LogP contribution in [0.25, 0.3) is 6.08 Å². The van der Waals surface area contributed by atoms with Gasteiger partial charge < -0.3 is 9.47 Å². The number of hydrogen-bond donors (Lipinski definition) is 0. The van der Waals surface area contributed by atoms with Crippen molar-refractivity contribution in [2.75, 3.05) is 20.3 Å². The van der Waals surface area contributed by atoms with Crippen LogP contribution in [0.15, 0.2) is 47.4 Å². The minimum Gasteiger partial charge on any atom is -0.493 e. The Hall–Kier alpha value is -2.31. The first-order chi connectivity index (χ1) is 13.5. The minimum atomic E-state index is -3.53. The highest BCUT2D eigenvalue weighted by molar-refractivity contribution is 7.93. The second kappa shape index (κ2) is 8.80. The van der Waals surface area contributed by atoms with Crippen molar-refractivity contribution in [2.45, 2.75) is 33.2 Å². The third kappa shape index (κ3) is 4.23. The zero-order valence-electron chi connectivity index (χ0n) is 16.6. The number of aryl methyl sites for hydroxylation is 1. The quantitative estimate of drug-likeness (QED) is 0.664. The molecule has 0 saturated heterocycles. The maximum atomic E-state index is 13.3. The Morgan fingerprint density at radius 2 is 1.82 bits per heavy atom. The van der Waals surface area contributed by atoms with Gasteiger partial charge in [-0.15, -0.1) is 0 Å². The zero-order chi connectivity index (χ0) is 20.1. The monoisotopic (exact) mass is 401 g/mol. The summed E-state index contributed by atoms with van der Waals surface area (Å²) in [4.78, 5) is 0.478. The molecule has 0 aromatic heterocycles. The van der Waals surface area contributed by atoms with E-state index in [4.69, 9.17) is 9.47 Å². The smallest absolute Gasteiger partial charge is 0.239 e. The molecule has 0 aliphatic heterocycles. The molecule has 0 bridgehead atoms. The summed E-state index contributed by atoms with van der Waals surface area (Å²) in [6.45, 7) is 5.01. The Morgan fingerprint density at radius 1 is 1.04 bits per heavy atom. The van der Waals surface area contributed by atoms with Crippen LogP contribution in [0.3, 0.4) is 0 Å². The molecule has 28 heavy (non-hydrogen) atoms. The standard InChI is InChI=1S/C22H27NO4S/c1-4-23(16-17-10-13-21(27-5-2)22(14-17)26-3)28(24,25)20-12-11-18-8-6-7-9-19(18)15-20/h6-10,13-15H,4-5,11-12,16H2,1-3H3. The van der Waals surface area contributed by atoms with Gasteiger partial charge in [0.2, 0.25) is 10.0 Å². The fourth-order valence-electron chi connectivity index (χ4n) is 3.43. The molecule has 3 rings (SSSR count). The summed E-state index contributed by atoms with van der Waals surface area (Å²) in [6, 6.07) is 13.5. The van der Waals surface area contributed by atoms with Crippen LogP contribution in [-0.2, 0) is 23.0 Å². The fourth-order valence-corrected chi connectivity index (χ4v) is 5.06. The van der Waals surface area contributed by atoms with Gasteiger partial charge in [-0.25, -0.2) is 8.42 Å². The summed E-state index contributed by atoms with van der Waals surface area (Å²) in [7, 11) is -1.95. The summed E-state index contributed by atoms with van der Waals surface area (Å²) >= 11 is 0. The van der Waals surface area contributed by atoms with Crippen molar-refractivity contribution in [1.29, 1.82) is 0 Å². The highest BCUT2D eigenvalue weighted by Crippen LogP contribution is 2.31. The first-order valence-electron chi connectivity index (χ1n) is 9.58. The van der Waals surface area contributed by atoms with Crippen molar-refractivity contribution in [3.63, 3.8) is 0 Å². The summed E-state index contributed by atoms with van der Waals surface area (Å²) in [5.41, 5.74) is 3.05. The van der Waals surface area contributed by atoms with Crippen molar-refractivity contribution in [3.8, 4) is 11.5 Å². The highest BCUT2D eigenvalue weighted by atomic mass is 32.2. The lowest BCUT2D eigenvalue weighted by Gasteiger charge is -2.25. The number of benzene rings is 2. The van der Waals surface area contributed by atoms with Gasteiger partial charge in [-0.05, 0) is 54.7 Å². The molecule has 1 aliphatic carbocycles. The molecule has 0 spiro atoms. The van der Waals surface area contributed by atoms with Crippen LogP contribution in [0, 0.1) is 0 Å². The average Bonchev–Trinajstić information content (AvgIpc) is 2.72. The molecule has 0 N–H and O–H groups in total. The molecule has 0 amide bonds. The van der Waals surface area contributed by atoms with E-state index in [0.29, 0.717) is 42.5 Å². The fraction of sp³-hybridized carbons (Fsp3) is 0.364. The third-order valence-corrected chi connectivity index (χ3v) is 6.97. The maximum Gasteiger partial charge on any atom is 0.239 e. The number of methoxy groups -OCH3 is 1. The number of rotatable bonds is 8. The maximum absolute atomic E-state index is 13.3. The highest BCUT2D eigenvalue weighted by Gasteiger charge is 2.28. The number of allylic oxidation sites excluding steroid dienone is 1. The molecule has 0 saturated carbocycles. The van der Waals surface area contributed by atoms with E-state index < -0.39 is 10.0 Å². The summed E-state index contributed by atoms with van der Waals surface area (Å²) in [6.07, 6.45) is 3.09. The van der Waals surface area contributed by atoms with E-state index in [1.165, 1.54) is 9.87 Å². The first-order valence-corrected chi connectivity index (χ1v) is 11.0. The molecular formula is C22H27NO4S. The molecule has 2 aromatic carbocycles. The molecule has 0 fully saturated rings. The normalized spacial score (nSPS) is 13.8. The Kier molecular flexibility index (Phi) is 6.42. The van der Waals surface area contributed by atoms with E-state index in [9.17, 15) is 8.42 Å². The van der Waals surface area contributed by atoms with Crippen LogP contribution < -0.4 is 9.47 Å². The van der Waals surface area contributed by atoms with Crippen LogP contribution in [0.5, 0.6) is 11.5 Å². The summed E-state index contributed by atoms with van der Waals surface area (Å²) in [5.74, 6) is 1.27. The molecule has 0 unspecified atom stereocenters. The third-order valence-electron chi connectivity index (χ3n) is 4.92. The molecule has 1 aliphatic rings. The van der Waals surface area contributed by atoms with Crippen molar-refractivity contribution >= 4 is 16.1 Å². The topological polar surface area (TPSA) is 55.8 Å². The van der Waals surface area contributed by atoms with E-state index in [-0.39, 0.29) is 0 Å². The molecule has 2 aromatic rings. The first kappa shape index (κ1) is 20.4. The molecule has 150 valence electrons. The summed E-state index contributed by atoms with van der Waals surface area (Å²) in [5, 5.41) is 0. The van der Waals surface area contributed by atoms with Crippen molar-refractivity contribution in [2.24, 2.45) is 0 Å². The molecule has 0 atom stereocenters. The van der Waals surface area contributed by atoms with E-state index in [1.54, 1.807) is 7.11 Å². The molecule has 0 heterocycles. The van der Waals surface area contributed by atoms with E-state index in [1.807, 2.05) is 56.3 Å². The second-order valence-corrected chi connectivity index (χ2v) is 8.65. The van der Waals surface area contributed by atoms with Gasteiger partial charge in [0.1, 0.15) is 0 Å². The molecule has 5 nitrogen and oxygen atoms in total. The Morgan fingerprint density at radius 3 is 2.54 bits per heavy atom. The molecule has 6 heteroatoms. The van der Waals surface area contributed by atoms with Gasteiger partial charge in [0, 0.05) is 13.1 Å². The predicted octanol–water partition coefficient (Wildman–Crippen LogP) is 4.23. The van der Waals surface area contributed by atoms with E-state index >= 15 is 0 Å². The summed E-state index contributed by atoms with van der Waals surface area (Å²) < 4.78 is 39.0.